The molecule has 7 heteroatoms. The van der Waals surface area contributed by atoms with Gasteiger partial charge in [-0.3, -0.25) is 4.79 Å². The van der Waals surface area contributed by atoms with Crippen LogP contribution in [0.3, 0.4) is 0 Å². The third-order valence-electron chi connectivity index (χ3n) is 3.59. The molecule has 1 N–H and O–H groups in total. The van der Waals surface area contributed by atoms with Crippen molar-refractivity contribution in [3.05, 3.63) is 52.5 Å². The van der Waals surface area contributed by atoms with E-state index in [-0.39, 0.29) is 11.9 Å². The number of carbonyl (C=O) groups is 1. The maximum absolute atomic E-state index is 14.2. The zero-order chi connectivity index (χ0) is 18.4. The Bertz CT molecular complexity index is 757. The third-order valence-corrected chi connectivity index (χ3v) is 4.00. The van der Waals surface area contributed by atoms with Crippen molar-refractivity contribution in [2.45, 2.75) is 19.4 Å². The molecule has 1 aromatic carbocycles. The number of rotatable bonds is 7. The largest absolute Gasteiger partial charge is 0.350 e. The Morgan fingerprint density at radius 1 is 1.48 bits per heavy atom. The fourth-order valence-corrected chi connectivity index (χ4v) is 2.52. The van der Waals surface area contributed by atoms with Gasteiger partial charge in [-0.2, -0.15) is 5.10 Å². The van der Waals surface area contributed by atoms with Gasteiger partial charge in [0.25, 0.3) is 0 Å². The standard InChI is InChI=1S/C18H22BrFN4O/c1-13(8-9-23(2)3)22-18(25)7-5-14-4-6-17(16(20)10-14)24-12-15(19)11-21-24/h4-7,10-13H,8-9H2,1-3H3,(H,22,25)/b7-5+. The van der Waals surface area contributed by atoms with E-state index < -0.39 is 5.82 Å². The molecular weight excluding hydrogens is 387 g/mol. The van der Waals surface area contributed by atoms with Crippen molar-refractivity contribution in [3.63, 3.8) is 0 Å². The van der Waals surface area contributed by atoms with Gasteiger partial charge in [-0.1, -0.05) is 6.07 Å². The molecule has 25 heavy (non-hydrogen) atoms. The highest BCUT2D eigenvalue weighted by Gasteiger charge is 2.07. The normalized spacial score (nSPS) is 12.7. The highest BCUT2D eigenvalue weighted by Crippen LogP contribution is 2.17. The second-order valence-electron chi connectivity index (χ2n) is 6.15. The minimum atomic E-state index is -0.405. The summed E-state index contributed by atoms with van der Waals surface area (Å²) in [4.78, 5) is 14.0. The van der Waals surface area contributed by atoms with E-state index in [2.05, 4.69) is 31.2 Å². The lowest BCUT2D eigenvalue weighted by molar-refractivity contribution is -0.117. The molecule has 0 aliphatic carbocycles. The second kappa shape index (κ2) is 8.92. The predicted octanol–water partition coefficient (Wildman–Crippen LogP) is 3.24. The van der Waals surface area contributed by atoms with Gasteiger partial charge in [-0.05, 0) is 73.7 Å². The van der Waals surface area contributed by atoms with E-state index in [9.17, 15) is 9.18 Å². The minimum absolute atomic E-state index is 0.0805. The maximum atomic E-state index is 14.2. The number of hydrogen-bond donors (Lipinski definition) is 1. The van der Waals surface area contributed by atoms with Crippen LogP contribution >= 0.6 is 15.9 Å². The summed E-state index contributed by atoms with van der Waals surface area (Å²) in [5.41, 5.74) is 0.966. The minimum Gasteiger partial charge on any atom is -0.350 e. The Morgan fingerprint density at radius 3 is 2.84 bits per heavy atom. The maximum Gasteiger partial charge on any atom is 0.244 e. The molecule has 0 fully saturated rings. The smallest absolute Gasteiger partial charge is 0.244 e. The van der Waals surface area contributed by atoms with Crippen LogP contribution in [0.1, 0.15) is 18.9 Å². The summed E-state index contributed by atoms with van der Waals surface area (Å²) in [6.45, 7) is 2.87. The van der Waals surface area contributed by atoms with Crippen molar-refractivity contribution < 1.29 is 9.18 Å². The van der Waals surface area contributed by atoms with Crippen LogP contribution in [0.15, 0.2) is 41.1 Å². The monoisotopic (exact) mass is 408 g/mol. The van der Waals surface area contributed by atoms with E-state index in [0.29, 0.717) is 11.3 Å². The fourth-order valence-electron chi connectivity index (χ4n) is 2.23. The Balaban J connectivity index is 1.97. The lowest BCUT2D eigenvalue weighted by atomic mass is 10.1. The quantitative estimate of drug-likeness (QED) is 0.715. The molecule has 1 heterocycles. The Morgan fingerprint density at radius 2 is 2.24 bits per heavy atom. The molecule has 0 spiro atoms. The number of carbonyl (C=O) groups excluding carboxylic acids is 1. The van der Waals surface area contributed by atoms with E-state index in [1.807, 2.05) is 21.0 Å². The molecule has 1 atom stereocenters. The predicted molar refractivity (Wildman–Crippen MR) is 101 cm³/mol. The summed E-state index contributed by atoms with van der Waals surface area (Å²) < 4.78 is 16.5. The van der Waals surface area contributed by atoms with Crippen LogP contribution < -0.4 is 5.32 Å². The molecule has 0 radical (unpaired) electrons. The summed E-state index contributed by atoms with van der Waals surface area (Å²) >= 11 is 3.28. The van der Waals surface area contributed by atoms with E-state index >= 15 is 0 Å². The zero-order valence-corrected chi connectivity index (χ0v) is 16.1. The van der Waals surface area contributed by atoms with E-state index in [1.54, 1.807) is 30.6 Å². The molecule has 2 aromatic rings. The van der Waals surface area contributed by atoms with Gasteiger partial charge in [0.2, 0.25) is 5.91 Å². The van der Waals surface area contributed by atoms with Gasteiger partial charge in [0.1, 0.15) is 11.5 Å². The van der Waals surface area contributed by atoms with E-state index in [0.717, 1.165) is 17.4 Å². The van der Waals surface area contributed by atoms with Crippen LogP contribution in [-0.4, -0.2) is 47.3 Å². The number of halogens is 2. The molecule has 2 rings (SSSR count). The molecular formula is C18H22BrFN4O. The highest BCUT2D eigenvalue weighted by molar-refractivity contribution is 9.10. The number of benzene rings is 1. The van der Waals surface area contributed by atoms with Crippen molar-refractivity contribution in [1.82, 2.24) is 20.0 Å². The molecule has 0 aliphatic heterocycles. The Labute approximate surface area is 155 Å². The number of nitrogens with zero attached hydrogens (tertiary/aromatic N) is 3. The van der Waals surface area contributed by atoms with Crippen LogP contribution in [0.25, 0.3) is 11.8 Å². The molecule has 0 aliphatic rings. The van der Waals surface area contributed by atoms with Crippen molar-refractivity contribution in [2.24, 2.45) is 0 Å². The van der Waals surface area contributed by atoms with Gasteiger partial charge in [0, 0.05) is 18.3 Å². The summed E-state index contributed by atoms with van der Waals surface area (Å²) in [5, 5.41) is 6.95. The zero-order valence-electron chi connectivity index (χ0n) is 14.5. The molecule has 0 saturated heterocycles. The molecule has 1 aromatic heterocycles. The van der Waals surface area contributed by atoms with Crippen LogP contribution in [-0.2, 0) is 4.79 Å². The Hall–Kier alpha value is -1.99. The number of hydrogen-bond acceptors (Lipinski definition) is 3. The molecule has 5 nitrogen and oxygen atoms in total. The first-order chi connectivity index (χ1) is 11.8. The molecule has 0 saturated carbocycles. The molecule has 0 bridgehead atoms. The molecule has 1 amide bonds. The van der Waals surface area contributed by atoms with Gasteiger partial charge in [-0.15, -0.1) is 0 Å². The van der Waals surface area contributed by atoms with Gasteiger partial charge >= 0.3 is 0 Å². The van der Waals surface area contributed by atoms with Gasteiger partial charge in [-0.25, -0.2) is 9.07 Å². The van der Waals surface area contributed by atoms with E-state index in [4.69, 9.17) is 0 Å². The number of aromatic nitrogens is 2. The van der Waals surface area contributed by atoms with Crippen LogP contribution in [0.4, 0.5) is 4.39 Å². The summed E-state index contributed by atoms with van der Waals surface area (Å²) in [7, 11) is 3.99. The first-order valence-electron chi connectivity index (χ1n) is 7.98. The van der Waals surface area contributed by atoms with Crippen LogP contribution in [0.5, 0.6) is 0 Å². The third kappa shape index (κ3) is 6.10. The van der Waals surface area contributed by atoms with Crippen LogP contribution in [0.2, 0.25) is 0 Å². The average molecular weight is 409 g/mol. The van der Waals surface area contributed by atoms with Crippen molar-refractivity contribution >= 4 is 27.9 Å². The lowest BCUT2D eigenvalue weighted by Gasteiger charge is -2.15. The summed E-state index contributed by atoms with van der Waals surface area (Å²) in [6, 6.07) is 4.83. The summed E-state index contributed by atoms with van der Waals surface area (Å²) in [6.07, 6.45) is 7.16. The summed E-state index contributed by atoms with van der Waals surface area (Å²) in [5.74, 6) is -0.593. The van der Waals surface area contributed by atoms with Crippen molar-refractivity contribution in [2.75, 3.05) is 20.6 Å². The van der Waals surface area contributed by atoms with E-state index in [1.165, 1.54) is 16.8 Å². The number of nitrogens with one attached hydrogen (secondary N) is 1. The van der Waals surface area contributed by atoms with Gasteiger partial charge in [0.05, 0.1) is 10.7 Å². The fraction of sp³-hybridized carbons (Fsp3) is 0.333. The van der Waals surface area contributed by atoms with Crippen molar-refractivity contribution in [1.29, 1.82) is 0 Å². The SMILES string of the molecule is CC(CCN(C)C)NC(=O)/C=C/c1ccc(-n2cc(Br)cn2)c(F)c1. The molecule has 1 unspecified atom stereocenters. The average Bonchev–Trinajstić information content (AvgIpc) is 2.97. The highest BCUT2D eigenvalue weighted by atomic mass is 79.9. The Kier molecular flexibility index (Phi) is 6.90. The topological polar surface area (TPSA) is 50.2 Å². The lowest BCUT2D eigenvalue weighted by Crippen LogP contribution is -2.33. The van der Waals surface area contributed by atoms with Crippen molar-refractivity contribution in [3.8, 4) is 5.69 Å². The number of amides is 1. The van der Waals surface area contributed by atoms with Crippen LogP contribution in [0, 0.1) is 5.82 Å². The molecule has 134 valence electrons. The van der Waals surface area contributed by atoms with Gasteiger partial charge < -0.3 is 10.2 Å². The van der Waals surface area contributed by atoms with Gasteiger partial charge in [0.15, 0.2) is 0 Å². The first kappa shape index (κ1) is 19.3. The second-order valence-corrected chi connectivity index (χ2v) is 7.06. The first-order valence-corrected chi connectivity index (χ1v) is 8.78.